The zero-order chi connectivity index (χ0) is 13.0. The standard InChI is InChI=1S/C12H16N4O2/c1-9(18-2)12(17)13-7-6-11-15-14-10-5-3-4-8-16(10)11/h3-5,8-9H,6-7H2,1-2H3,(H,13,17). The molecule has 0 bridgehead atoms. The van der Waals surface area contributed by atoms with Crippen molar-refractivity contribution in [3.05, 3.63) is 30.2 Å². The first-order valence-electron chi connectivity index (χ1n) is 5.81. The Morgan fingerprint density at radius 1 is 1.50 bits per heavy atom. The van der Waals surface area contributed by atoms with Crippen LogP contribution in [0.1, 0.15) is 12.7 Å². The molecule has 96 valence electrons. The molecule has 0 spiro atoms. The Labute approximate surface area is 105 Å². The highest BCUT2D eigenvalue weighted by Gasteiger charge is 2.11. The van der Waals surface area contributed by atoms with Gasteiger partial charge in [-0.25, -0.2) is 0 Å². The van der Waals surface area contributed by atoms with Gasteiger partial charge in [0.2, 0.25) is 5.91 Å². The molecule has 0 aliphatic heterocycles. The number of ether oxygens (including phenoxy) is 1. The van der Waals surface area contributed by atoms with Crippen LogP contribution in [-0.2, 0) is 16.0 Å². The molecule has 0 fully saturated rings. The van der Waals surface area contributed by atoms with Crippen molar-refractivity contribution in [1.82, 2.24) is 19.9 Å². The number of pyridine rings is 1. The highest BCUT2D eigenvalue weighted by atomic mass is 16.5. The number of fused-ring (bicyclic) bond motifs is 1. The number of aromatic nitrogens is 3. The lowest BCUT2D eigenvalue weighted by Gasteiger charge is -2.09. The van der Waals surface area contributed by atoms with E-state index in [0.29, 0.717) is 13.0 Å². The highest BCUT2D eigenvalue weighted by molar-refractivity contribution is 5.80. The largest absolute Gasteiger partial charge is 0.372 e. The first-order chi connectivity index (χ1) is 8.72. The molecule has 2 aromatic heterocycles. The molecular formula is C12H16N4O2. The van der Waals surface area contributed by atoms with Gasteiger partial charge in [0, 0.05) is 26.3 Å². The third-order valence-corrected chi connectivity index (χ3v) is 2.75. The summed E-state index contributed by atoms with van der Waals surface area (Å²) in [6, 6.07) is 5.73. The van der Waals surface area contributed by atoms with E-state index in [0.717, 1.165) is 11.5 Å². The summed E-state index contributed by atoms with van der Waals surface area (Å²) in [6.45, 7) is 2.23. The minimum atomic E-state index is -0.430. The van der Waals surface area contributed by atoms with Crippen LogP contribution >= 0.6 is 0 Å². The van der Waals surface area contributed by atoms with Crippen LogP contribution in [0.2, 0.25) is 0 Å². The second kappa shape index (κ2) is 5.59. The predicted octanol–water partition coefficient (Wildman–Crippen LogP) is 0.423. The first kappa shape index (κ1) is 12.5. The quantitative estimate of drug-likeness (QED) is 0.832. The number of rotatable bonds is 5. The number of hydrogen-bond donors (Lipinski definition) is 1. The van der Waals surface area contributed by atoms with Crippen LogP contribution in [-0.4, -0.2) is 40.3 Å². The van der Waals surface area contributed by atoms with Gasteiger partial charge >= 0.3 is 0 Å². The van der Waals surface area contributed by atoms with Gasteiger partial charge in [-0.1, -0.05) is 6.07 Å². The van der Waals surface area contributed by atoms with E-state index in [1.54, 1.807) is 6.92 Å². The molecule has 2 heterocycles. The van der Waals surface area contributed by atoms with Crippen LogP contribution < -0.4 is 5.32 Å². The normalized spacial score (nSPS) is 12.6. The molecular weight excluding hydrogens is 232 g/mol. The average molecular weight is 248 g/mol. The second-order valence-electron chi connectivity index (χ2n) is 3.96. The molecule has 1 amide bonds. The molecule has 1 atom stereocenters. The number of nitrogens with one attached hydrogen (secondary N) is 1. The van der Waals surface area contributed by atoms with Crippen LogP contribution in [0.5, 0.6) is 0 Å². The maximum Gasteiger partial charge on any atom is 0.248 e. The second-order valence-corrected chi connectivity index (χ2v) is 3.96. The number of carbonyl (C=O) groups excluding carboxylic acids is 1. The summed E-state index contributed by atoms with van der Waals surface area (Å²) in [7, 11) is 1.51. The average Bonchev–Trinajstić information content (AvgIpc) is 2.81. The van der Waals surface area contributed by atoms with Gasteiger partial charge < -0.3 is 10.1 Å². The maximum absolute atomic E-state index is 11.5. The van der Waals surface area contributed by atoms with E-state index in [1.165, 1.54) is 7.11 Å². The van der Waals surface area contributed by atoms with E-state index in [1.807, 2.05) is 28.8 Å². The van der Waals surface area contributed by atoms with Gasteiger partial charge in [0.05, 0.1) is 0 Å². The third kappa shape index (κ3) is 2.65. The zero-order valence-corrected chi connectivity index (χ0v) is 10.5. The Bertz CT molecular complexity index is 538. The van der Waals surface area contributed by atoms with Crippen LogP contribution in [0.3, 0.4) is 0 Å². The Kier molecular flexibility index (Phi) is 3.88. The molecule has 6 heteroatoms. The van der Waals surface area contributed by atoms with E-state index in [9.17, 15) is 4.79 Å². The predicted molar refractivity (Wildman–Crippen MR) is 66.2 cm³/mol. The summed E-state index contributed by atoms with van der Waals surface area (Å²) in [5.74, 6) is 0.710. The highest BCUT2D eigenvalue weighted by Crippen LogP contribution is 2.02. The minimum Gasteiger partial charge on any atom is -0.372 e. The lowest BCUT2D eigenvalue weighted by molar-refractivity contribution is -0.129. The SMILES string of the molecule is COC(C)C(=O)NCCc1nnc2ccccn12. The summed E-state index contributed by atoms with van der Waals surface area (Å²) < 4.78 is 6.83. The third-order valence-electron chi connectivity index (χ3n) is 2.75. The van der Waals surface area contributed by atoms with E-state index in [4.69, 9.17) is 4.74 Å². The van der Waals surface area contributed by atoms with Gasteiger partial charge in [-0.2, -0.15) is 0 Å². The summed E-state index contributed by atoms with van der Waals surface area (Å²) in [6.07, 6.45) is 2.11. The number of nitrogens with zero attached hydrogens (tertiary/aromatic N) is 3. The van der Waals surface area contributed by atoms with Crippen molar-refractivity contribution in [1.29, 1.82) is 0 Å². The van der Waals surface area contributed by atoms with Crippen LogP contribution in [0.15, 0.2) is 24.4 Å². The summed E-state index contributed by atoms with van der Waals surface area (Å²) >= 11 is 0. The number of carbonyl (C=O) groups is 1. The lowest BCUT2D eigenvalue weighted by atomic mass is 10.3. The van der Waals surface area contributed by atoms with Crippen molar-refractivity contribution in [3.63, 3.8) is 0 Å². The fraction of sp³-hybridized carbons (Fsp3) is 0.417. The van der Waals surface area contributed by atoms with Gasteiger partial charge in [0.15, 0.2) is 5.65 Å². The minimum absolute atomic E-state index is 0.119. The monoisotopic (exact) mass is 248 g/mol. The van der Waals surface area contributed by atoms with Crippen LogP contribution in [0, 0.1) is 0 Å². The molecule has 1 N–H and O–H groups in total. The van der Waals surface area contributed by atoms with Crippen molar-refractivity contribution in [3.8, 4) is 0 Å². The molecule has 0 aliphatic rings. The first-order valence-corrected chi connectivity index (χ1v) is 5.81. The van der Waals surface area contributed by atoms with Crippen molar-refractivity contribution < 1.29 is 9.53 Å². The Morgan fingerprint density at radius 2 is 2.33 bits per heavy atom. The molecule has 6 nitrogen and oxygen atoms in total. The number of methoxy groups -OCH3 is 1. The molecule has 0 radical (unpaired) electrons. The molecule has 0 aromatic carbocycles. The molecule has 18 heavy (non-hydrogen) atoms. The van der Waals surface area contributed by atoms with Gasteiger partial charge in [0.1, 0.15) is 11.9 Å². The van der Waals surface area contributed by atoms with Crippen molar-refractivity contribution in [2.75, 3.05) is 13.7 Å². The topological polar surface area (TPSA) is 68.5 Å². The van der Waals surface area contributed by atoms with E-state index in [-0.39, 0.29) is 5.91 Å². The van der Waals surface area contributed by atoms with E-state index < -0.39 is 6.10 Å². The van der Waals surface area contributed by atoms with Crippen molar-refractivity contribution in [2.24, 2.45) is 0 Å². The molecule has 0 saturated carbocycles. The molecule has 1 unspecified atom stereocenters. The molecule has 2 aromatic rings. The fourth-order valence-electron chi connectivity index (χ4n) is 1.61. The number of hydrogen-bond acceptors (Lipinski definition) is 4. The van der Waals surface area contributed by atoms with Gasteiger partial charge in [-0.15, -0.1) is 10.2 Å². The summed E-state index contributed by atoms with van der Waals surface area (Å²) in [5, 5.41) is 10.9. The van der Waals surface area contributed by atoms with Gasteiger partial charge in [-0.05, 0) is 19.1 Å². The van der Waals surface area contributed by atoms with Gasteiger partial charge in [0.25, 0.3) is 0 Å². The molecule has 0 aliphatic carbocycles. The fourth-order valence-corrected chi connectivity index (χ4v) is 1.61. The smallest absolute Gasteiger partial charge is 0.248 e. The van der Waals surface area contributed by atoms with Crippen molar-refractivity contribution in [2.45, 2.75) is 19.4 Å². The zero-order valence-electron chi connectivity index (χ0n) is 10.5. The lowest BCUT2D eigenvalue weighted by Crippen LogP contribution is -2.35. The Balaban J connectivity index is 1.93. The Hall–Kier alpha value is -1.95. The van der Waals surface area contributed by atoms with E-state index in [2.05, 4.69) is 15.5 Å². The Morgan fingerprint density at radius 3 is 3.11 bits per heavy atom. The van der Waals surface area contributed by atoms with Crippen molar-refractivity contribution >= 4 is 11.6 Å². The van der Waals surface area contributed by atoms with Crippen LogP contribution in [0.4, 0.5) is 0 Å². The molecule has 2 rings (SSSR count). The maximum atomic E-state index is 11.5. The molecule has 0 saturated heterocycles. The van der Waals surface area contributed by atoms with E-state index >= 15 is 0 Å². The summed E-state index contributed by atoms with van der Waals surface area (Å²) in [5.41, 5.74) is 0.809. The van der Waals surface area contributed by atoms with Crippen LogP contribution in [0.25, 0.3) is 5.65 Å². The number of amides is 1. The summed E-state index contributed by atoms with van der Waals surface area (Å²) in [4.78, 5) is 11.5. The van der Waals surface area contributed by atoms with Gasteiger partial charge in [-0.3, -0.25) is 9.20 Å².